The molecule has 5 heteroatoms. The van der Waals surface area contributed by atoms with Crippen molar-refractivity contribution in [2.45, 2.75) is 26.7 Å². The molecule has 0 atom stereocenters. The van der Waals surface area contributed by atoms with Crippen molar-refractivity contribution in [3.8, 4) is 11.1 Å². The van der Waals surface area contributed by atoms with Crippen molar-refractivity contribution < 1.29 is 4.79 Å². The zero-order valence-corrected chi connectivity index (χ0v) is 17.1. The van der Waals surface area contributed by atoms with Gasteiger partial charge in [0, 0.05) is 25.2 Å². The molecule has 2 aromatic heterocycles. The zero-order valence-electron chi connectivity index (χ0n) is 17.1. The van der Waals surface area contributed by atoms with Gasteiger partial charge in [0.1, 0.15) is 5.69 Å². The van der Waals surface area contributed by atoms with Gasteiger partial charge in [-0.05, 0) is 72.7 Å². The number of aryl methyl sites for hydroxylation is 4. The molecule has 0 fully saturated rings. The van der Waals surface area contributed by atoms with Crippen LogP contribution in [0.4, 0.5) is 0 Å². The molecule has 148 valence electrons. The molecule has 0 aliphatic rings. The van der Waals surface area contributed by atoms with Gasteiger partial charge in [-0.15, -0.1) is 0 Å². The number of carbonyl (C=O) groups excluding carboxylic acids is 1. The smallest absolute Gasteiger partial charge is 0.267 e. The molecule has 1 amide bonds. The number of benzene rings is 2. The van der Waals surface area contributed by atoms with Gasteiger partial charge in [0.05, 0.1) is 11.7 Å². The highest BCUT2D eigenvalue weighted by atomic mass is 16.1. The summed E-state index contributed by atoms with van der Waals surface area (Å²) in [7, 11) is 1.90. The number of hydrogen-bond donors (Lipinski definition) is 2. The summed E-state index contributed by atoms with van der Waals surface area (Å²) in [4.78, 5) is 12.3. The Morgan fingerprint density at radius 1 is 1.10 bits per heavy atom. The van der Waals surface area contributed by atoms with Gasteiger partial charge in [0.25, 0.3) is 5.91 Å². The molecule has 0 bridgehead atoms. The lowest BCUT2D eigenvalue weighted by molar-refractivity contribution is 0.0945. The molecular formula is C24H26N4O. The summed E-state index contributed by atoms with van der Waals surface area (Å²) >= 11 is 0. The first-order valence-corrected chi connectivity index (χ1v) is 9.95. The number of amides is 1. The van der Waals surface area contributed by atoms with Crippen molar-refractivity contribution in [3.63, 3.8) is 0 Å². The topological polar surface area (TPSA) is 62.7 Å². The number of fused-ring (bicyclic) bond motifs is 1. The number of nitrogens with one attached hydrogen (secondary N) is 2. The van der Waals surface area contributed by atoms with Crippen LogP contribution < -0.4 is 5.32 Å². The lowest BCUT2D eigenvalue weighted by Gasteiger charge is -2.08. The van der Waals surface area contributed by atoms with Gasteiger partial charge in [0.15, 0.2) is 0 Å². The van der Waals surface area contributed by atoms with Crippen LogP contribution in [0.2, 0.25) is 0 Å². The number of carbonyl (C=O) groups is 1. The number of aromatic nitrogens is 3. The maximum absolute atomic E-state index is 12.3. The highest BCUT2D eigenvalue weighted by molar-refractivity contribution is 5.93. The monoisotopic (exact) mass is 386 g/mol. The average Bonchev–Trinajstić information content (AvgIpc) is 3.31. The van der Waals surface area contributed by atoms with Gasteiger partial charge in [0.2, 0.25) is 0 Å². The molecule has 2 N–H and O–H groups in total. The quantitative estimate of drug-likeness (QED) is 0.478. The molecule has 5 nitrogen and oxygen atoms in total. The second-order valence-electron chi connectivity index (χ2n) is 7.70. The Morgan fingerprint density at radius 2 is 1.90 bits per heavy atom. The molecule has 4 aromatic rings. The summed E-state index contributed by atoms with van der Waals surface area (Å²) in [5, 5.41) is 11.3. The van der Waals surface area contributed by atoms with Crippen molar-refractivity contribution >= 4 is 16.8 Å². The van der Waals surface area contributed by atoms with Gasteiger partial charge < -0.3 is 9.88 Å². The molecule has 0 aliphatic carbocycles. The summed E-state index contributed by atoms with van der Waals surface area (Å²) in [6.45, 7) is 4.76. The van der Waals surface area contributed by atoms with Gasteiger partial charge in [-0.1, -0.05) is 24.3 Å². The molecule has 0 saturated heterocycles. The minimum atomic E-state index is -0.0130. The van der Waals surface area contributed by atoms with Crippen molar-refractivity contribution in [1.82, 2.24) is 20.1 Å². The molecule has 2 heterocycles. The summed E-state index contributed by atoms with van der Waals surface area (Å²) in [6.07, 6.45) is 5.68. The van der Waals surface area contributed by atoms with Crippen LogP contribution >= 0.6 is 0 Å². The van der Waals surface area contributed by atoms with E-state index in [1.165, 1.54) is 22.3 Å². The van der Waals surface area contributed by atoms with E-state index >= 15 is 0 Å². The lowest BCUT2D eigenvalue weighted by atomic mass is 9.99. The van der Waals surface area contributed by atoms with Crippen molar-refractivity contribution in [3.05, 3.63) is 77.2 Å². The molecule has 0 unspecified atom stereocenters. The fourth-order valence-corrected chi connectivity index (χ4v) is 3.81. The SMILES string of the molecule is Cc1cc(C(=O)NCCCc2ccc(-c3cc(C)c4[nH]ncc4c3)cc2)n(C)c1. The largest absolute Gasteiger partial charge is 0.351 e. The number of hydrogen-bond acceptors (Lipinski definition) is 2. The van der Waals surface area contributed by atoms with E-state index in [2.05, 4.69) is 58.8 Å². The third kappa shape index (κ3) is 4.09. The molecule has 4 rings (SSSR count). The molecule has 0 aliphatic heterocycles. The second kappa shape index (κ2) is 7.95. The maximum atomic E-state index is 12.3. The summed E-state index contributed by atoms with van der Waals surface area (Å²) in [5.41, 5.74) is 7.77. The summed E-state index contributed by atoms with van der Waals surface area (Å²) in [5.74, 6) is -0.0130. The molecular weight excluding hydrogens is 360 g/mol. The normalized spacial score (nSPS) is 11.1. The third-order valence-electron chi connectivity index (χ3n) is 5.34. The van der Waals surface area contributed by atoms with E-state index in [0.29, 0.717) is 12.2 Å². The van der Waals surface area contributed by atoms with E-state index in [0.717, 1.165) is 29.3 Å². The first kappa shape index (κ1) is 19.0. The van der Waals surface area contributed by atoms with Crippen molar-refractivity contribution in [1.29, 1.82) is 0 Å². The van der Waals surface area contributed by atoms with Gasteiger partial charge in [-0.3, -0.25) is 9.89 Å². The van der Waals surface area contributed by atoms with Gasteiger partial charge in [-0.25, -0.2) is 0 Å². The minimum absolute atomic E-state index is 0.0130. The van der Waals surface area contributed by atoms with E-state index in [-0.39, 0.29) is 5.91 Å². The first-order chi connectivity index (χ1) is 14.0. The van der Waals surface area contributed by atoms with Crippen LogP contribution in [0.3, 0.4) is 0 Å². The Bertz CT molecular complexity index is 1150. The highest BCUT2D eigenvalue weighted by Gasteiger charge is 2.09. The van der Waals surface area contributed by atoms with Crippen molar-refractivity contribution in [2.24, 2.45) is 7.05 Å². The predicted octanol–water partition coefficient (Wildman–Crippen LogP) is 4.55. The van der Waals surface area contributed by atoms with E-state index in [1.807, 2.05) is 37.0 Å². The lowest BCUT2D eigenvalue weighted by Crippen LogP contribution is -2.26. The number of nitrogens with zero attached hydrogens (tertiary/aromatic N) is 2. The Balaban J connectivity index is 1.33. The summed E-state index contributed by atoms with van der Waals surface area (Å²) < 4.78 is 1.87. The maximum Gasteiger partial charge on any atom is 0.267 e. The van der Waals surface area contributed by atoms with Gasteiger partial charge >= 0.3 is 0 Å². The Hall–Kier alpha value is -3.34. The molecule has 0 saturated carbocycles. The van der Waals surface area contributed by atoms with Crippen LogP contribution in [0.5, 0.6) is 0 Å². The van der Waals surface area contributed by atoms with Crippen LogP contribution in [0, 0.1) is 13.8 Å². The molecule has 29 heavy (non-hydrogen) atoms. The summed E-state index contributed by atoms with van der Waals surface area (Å²) in [6, 6.07) is 15.0. The fraction of sp³-hybridized carbons (Fsp3) is 0.250. The van der Waals surface area contributed by atoms with E-state index in [4.69, 9.17) is 0 Å². The van der Waals surface area contributed by atoms with E-state index in [1.54, 1.807) is 0 Å². The number of rotatable bonds is 6. The molecule has 2 aromatic carbocycles. The predicted molar refractivity (Wildman–Crippen MR) is 117 cm³/mol. The molecule has 0 radical (unpaired) electrons. The second-order valence-corrected chi connectivity index (χ2v) is 7.70. The van der Waals surface area contributed by atoms with Gasteiger partial charge in [-0.2, -0.15) is 5.10 Å². The Morgan fingerprint density at radius 3 is 2.62 bits per heavy atom. The van der Waals surface area contributed by atoms with Crippen LogP contribution in [0.1, 0.15) is 33.6 Å². The average molecular weight is 386 g/mol. The minimum Gasteiger partial charge on any atom is -0.351 e. The standard InChI is InChI=1S/C24H26N4O/c1-16-11-22(28(3)15-16)24(29)25-10-4-5-18-6-8-19(9-7-18)20-12-17(2)23-21(13-20)14-26-27-23/h6-9,11-15H,4-5,10H2,1-3H3,(H,25,29)(H,26,27). The van der Waals surface area contributed by atoms with Crippen LogP contribution in [0.15, 0.2) is 54.9 Å². The fourth-order valence-electron chi connectivity index (χ4n) is 3.81. The number of aromatic amines is 1. The zero-order chi connectivity index (χ0) is 20.4. The third-order valence-corrected chi connectivity index (χ3v) is 5.34. The molecule has 0 spiro atoms. The Labute approximate surface area is 170 Å². The van der Waals surface area contributed by atoms with Crippen LogP contribution in [0.25, 0.3) is 22.0 Å². The van der Waals surface area contributed by atoms with Crippen molar-refractivity contribution in [2.75, 3.05) is 6.54 Å². The highest BCUT2D eigenvalue weighted by Crippen LogP contribution is 2.26. The first-order valence-electron chi connectivity index (χ1n) is 9.95. The van der Waals surface area contributed by atoms with E-state index < -0.39 is 0 Å². The van der Waals surface area contributed by atoms with Crippen LogP contribution in [-0.4, -0.2) is 27.2 Å². The Kier molecular flexibility index (Phi) is 5.21. The van der Waals surface area contributed by atoms with Crippen LogP contribution in [-0.2, 0) is 13.5 Å². The number of H-pyrrole nitrogens is 1. The van der Waals surface area contributed by atoms with E-state index in [9.17, 15) is 4.79 Å².